The van der Waals surface area contributed by atoms with E-state index in [1.165, 1.54) is 25.6 Å². The summed E-state index contributed by atoms with van der Waals surface area (Å²) in [6, 6.07) is 1.85. The maximum Gasteiger partial charge on any atom is 0.409 e. The summed E-state index contributed by atoms with van der Waals surface area (Å²) < 4.78 is 9.36. The highest BCUT2D eigenvalue weighted by Crippen LogP contribution is 2.28. The molecule has 0 saturated carbocycles. The van der Waals surface area contributed by atoms with E-state index in [2.05, 4.69) is 9.47 Å². The van der Waals surface area contributed by atoms with Gasteiger partial charge in [0.2, 0.25) is 0 Å². The second-order valence-corrected chi connectivity index (χ2v) is 4.83. The number of hydrogen-bond acceptors (Lipinski definition) is 5. The van der Waals surface area contributed by atoms with Gasteiger partial charge in [0, 0.05) is 11.4 Å². The first-order chi connectivity index (χ1) is 8.15. The highest BCUT2D eigenvalue weighted by molar-refractivity contribution is 7.14. The number of carbonyl (C=O) groups is 2. The monoisotopic (exact) mass is 255 g/mol. The van der Waals surface area contributed by atoms with Crippen LogP contribution in [0.5, 0.6) is 0 Å². The van der Waals surface area contributed by atoms with Gasteiger partial charge >= 0.3 is 12.1 Å². The molecular weight excluding hydrogens is 242 g/mol. The fraction of sp³-hybridized carbons (Fsp3) is 0.455. The number of hydrogen-bond donors (Lipinski definition) is 0. The van der Waals surface area contributed by atoms with E-state index in [1.807, 2.05) is 6.07 Å². The van der Waals surface area contributed by atoms with Gasteiger partial charge in [-0.2, -0.15) is 0 Å². The third-order valence-electron chi connectivity index (χ3n) is 2.70. The second-order valence-electron chi connectivity index (χ2n) is 3.69. The zero-order chi connectivity index (χ0) is 12.4. The number of ether oxygens (including phenoxy) is 2. The van der Waals surface area contributed by atoms with Gasteiger partial charge in [0.1, 0.15) is 4.88 Å². The lowest BCUT2D eigenvalue weighted by Crippen LogP contribution is -2.35. The van der Waals surface area contributed by atoms with E-state index in [0.717, 1.165) is 16.9 Å². The number of esters is 1. The SMILES string of the molecule is COC(=O)c1cc2c(s1)CN(C(=O)OC)CC2. The summed E-state index contributed by atoms with van der Waals surface area (Å²) in [5.74, 6) is -0.325. The topological polar surface area (TPSA) is 55.8 Å². The van der Waals surface area contributed by atoms with Gasteiger partial charge in [-0.15, -0.1) is 11.3 Å². The average molecular weight is 255 g/mol. The summed E-state index contributed by atoms with van der Waals surface area (Å²) in [4.78, 5) is 26.0. The molecule has 1 aromatic heterocycles. The van der Waals surface area contributed by atoms with E-state index in [4.69, 9.17) is 0 Å². The molecule has 0 aromatic carbocycles. The molecule has 0 N–H and O–H groups in total. The molecule has 1 amide bonds. The predicted molar refractivity (Wildman–Crippen MR) is 62.2 cm³/mol. The molecule has 0 aliphatic carbocycles. The van der Waals surface area contributed by atoms with Crippen LogP contribution >= 0.6 is 11.3 Å². The Bertz CT molecular complexity index is 454. The Hall–Kier alpha value is -1.56. The first-order valence-corrected chi connectivity index (χ1v) is 6.00. The van der Waals surface area contributed by atoms with Crippen LogP contribution in [0.1, 0.15) is 20.1 Å². The zero-order valence-corrected chi connectivity index (χ0v) is 10.5. The summed E-state index contributed by atoms with van der Waals surface area (Å²) >= 11 is 1.38. The van der Waals surface area contributed by atoms with Gasteiger partial charge in [0.15, 0.2) is 0 Å². The molecule has 5 nitrogen and oxygen atoms in total. The molecule has 0 unspecified atom stereocenters. The van der Waals surface area contributed by atoms with Crippen LogP contribution in [-0.4, -0.2) is 37.7 Å². The van der Waals surface area contributed by atoms with Gasteiger partial charge in [0.05, 0.1) is 20.8 Å². The van der Waals surface area contributed by atoms with E-state index in [1.54, 1.807) is 4.90 Å². The molecule has 0 spiro atoms. The minimum absolute atomic E-state index is 0.325. The van der Waals surface area contributed by atoms with Crippen LogP contribution in [0.25, 0.3) is 0 Å². The first kappa shape index (κ1) is 11.9. The third-order valence-corrected chi connectivity index (χ3v) is 3.84. The van der Waals surface area contributed by atoms with Crippen LogP contribution in [0.3, 0.4) is 0 Å². The Balaban J connectivity index is 2.18. The van der Waals surface area contributed by atoms with E-state index in [9.17, 15) is 9.59 Å². The number of thiophene rings is 1. The largest absolute Gasteiger partial charge is 0.465 e. The molecule has 1 aliphatic rings. The highest BCUT2D eigenvalue weighted by Gasteiger charge is 2.24. The zero-order valence-electron chi connectivity index (χ0n) is 9.69. The van der Waals surface area contributed by atoms with Crippen LogP contribution in [0.4, 0.5) is 4.79 Å². The number of fused-ring (bicyclic) bond motifs is 1. The summed E-state index contributed by atoms with van der Waals surface area (Å²) in [7, 11) is 2.73. The maximum atomic E-state index is 11.4. The fourth-order valence-corrected chi connectivity index (χ4v) is 2.95. The minimum atomic E-state index is -0.330. The molecule has 0 radical (unpaired) electrons. The van der Waals surface area contributed by atoms with Crippen molar-refractivity contribution in [3.63, 3.8) is 0 Å². The predicted octanol–water partition coefficient (Wildman–Crippen LogP) is 1.66. The Morgan fingerprint density at radius 1 is 1.35 bits per heavy atom. The average Bonchev–Trinajstić information content (AvgIpc) is 2.79. The van der Waals surface area contributed by atoms with Crippen molar-refractivity contribution in [2.24, 2.45) is 0 Å². The van der Waals surface area contributed by atoms with Gasteiger partial charge in [-0.1, -0.05) is 0 Å². The Morgan fingerprint density at radius 3 is 2.76 bits per heavy atom. The lowest BCUT2D eigenvalue weighted by Gasteiger charge is -2.25. The molecule has 92 valence electrons. The van der Waals surface area contributed by atoms with Crippen molar-refractivity contribution < 1.29 is 19.1 Å². The molecule has 1 aliphatic heterocycles. The molecule has 17 heavy (non-hydrogen) atoms. The molecule has 0 atom stereocenters. The lowest BCUT2D eigenvalue weighted by atomic mass is 10.1. The molecule has 0 fully saturated rings. The standard InChI is InChI=1S/C11H13NO4S/c1-15-10(13)8-5-7-3-4-12(11(14)16-2)6-9(7)17-8/h5H,3-4,6H2,1-2H3. The van der Waals surface area contributed by atoms with Crippen molar-refractivity contribution in [2.75, 3.05) is 20.8 Å². The van der Waals surface area contributed by atoms with Crippen LogP contribution < -0.4 is 0 Å². The molecule has 0 bridgehead atoms. The minimum Gasteiger partial charge on any atom is -0.465 e. The molecule has 6 heteroatoms. The van der Waals surface area contributed by atoms with Crippen molar-refractivity contribution in [1.29, 1.82) is 0 Å². The summed E-state index contributed by atoms with van der Waals surface area (Å²) in [6.07, 6.45) is 0.418. The Morgan fingerprint density at radius 2 is 2.12 bits per heavy atom. The second kappa shape index (κ2) is 4.75. The fourth-order valence-electron chi connectivity index (χ4n) is 1.81. The van der Waals surface area contributed by atoms with Gasteiger partial charge in [-0.25, -0.2) is 9.59 Å². The summed E-state index contributed by atoms with van der Waals surface area (Å²) in [5, 5.41) is 0. The van der Waals surface area contributed by atoms with E-state index in [0.29, 0.717) is 18.0 Å². The molecule has 0 saturated heterocycles. The van der Waals surface area contributed by atoms with E-state index in [-0.39, 0.29) is 12.1 Å². The number of rotatable bonds is 1. The van der Waals surface area contributed by atoms with Crippen molar-refractivity contribution in [3.8, 4) is 0 Å². The number of methoxy groups -OCH3 is 2. The van der Waals surface area contributed by atoms with Crippen LogP contribution in [-0.2, 0) is 22.4 Å². The van der Waals surface area contributed by atoms with Gasteiger partial charge < -0.3 is 14.4 Å². The number of amides is 1. The summed E-state index contributed by atoms with van der Waals surface area (Å²) in [6.45, 7) is 1.13. The number of nitrogens with zero attached hydrogens (tertiary/aromatic N) is 1. The Kier molecular flexibility index (Phi) is 3.33. The Labute approximate surface area is 103 Å². The lowest BCUT2D eigenvalue weighted by molar-refractivity contribution is 0.0606. The molecule has 2 rings (SSSR count). The van der Waals surface area contributed by atoms with Gasteiger partial charge in [-0.05, 0) is 18.1 Å². The van der Waals surface area contributed by atoms with E-state index >= 15 is 0 Å². The quantitative estimate of drug-likeness (QED) is 0.716. The highest BCUT2D eigenvalue weighted by atomic mass is 32.1. The molecule has 2 heterocycles. The maximum absolute atomic E-state index is 11.4. The van der Waals surface area contributed by atoms with Gasteiger partial charge in [0.25, 0.3) is 0 Å². The molecular formula is C11H13NO4S. The summed E-state index contributed by atoms with van der Waals surface area (Å²) in [5.41, 5.74) is 1.12. The van der Waals surface area contributed by atoms with Crippen molar-refractivity contribution >= 4 is 23.4 Å². The normalized spacial score (nSPS) is 14.1. The molecule has 1 aromatic rings. The van der Waals surface area contributed by atoms with E-state index < -0.39 is 0 Å². The third kappa shape index (κ3) is 2.26. The van der Waals surface area contributed by atoms with Crippen LogP contribution in [0.15, 0.2) is 6.07 Å². The van der Waals surface area contributed by atoms with Crippen LogP contribution in [0.2, 0.25) is 0 Å². The van der Waals surface area contributed by atoms with Gasteiger partial charge in [-0.3, -0.25) is 0 Å². The van der Waals surface area contributed by atoms with Crippen molar-refractivity contribution in [1.82, 2.24) is 4.90 Å². The van der Waals surface area contributed by atoms with Crippen molar-refractivity contribution in [3.05, 3.63) is 21.4 Å². The number of carbonyl (C=O) groups excluding carboxylic acids is 2. The van der Waals surface area contributed by atoms with Crippen LogP contribution in [0, 0.1) is 0 Å². The smallest absolute Gasteiger partial charge is 0.409 e. The van der Waals surface area contributed by atoms with Crippen molar-refractivity contribution in [2.45, 2.75) is 13.0 Å². The first-order valence-electron chi connectivity index (χ1n) is 5.18.